The average molecular weight is 182 g/mol. The van der Waals surface area contributed by atoms with Crippen molar-refractivity contribution in [3.63, 3.8) is 0 Å². The summed E-state index contributed by atoms with van der Waals surface area (Å²) in [6, 6.07) is 0. The Bertz CT molecular complexity index is 247. The van der Waals surface area contributed by atoms with E-state index in [0.717, 1.165) is 6.42 Å². The summed E-state index contributed by atoms with van der Waals surface area (Å²) in [5.74, 6) is 0.400. The van der Waals surface area contributed by atoms with Crippen molar-refractivity contribution < 1.29 is 14.6 Å². The van der Waals surface area contributed by atoms with Gasteiger partial charge in [-0.05, 0) is 12.3 Å². The number of carbonyl (C=O) groups excluding carboxylic acids is 1. The Labute approximate surface area is 77.4 Å². The summed E-state index contributed by atoms with van der Waals surface area (Å²) in [4.78, 5) is 11.4. The number of rotatable bonds is 1. The summed E-state index contributed by atoms with van der Waals surface area (Å²) < 4.78 is 5.07. The highest BCUT2D eigenvalue weighted by Gasteiger charge is 2.44. The Morgan fingerprint density at radius 2 is 2.38 bits per heavy atom. The lowest BCUT2D eigenvalue weighted by Crippen LogP contribution is -2.25. The maximum atomic E-state index is 11.4. The van der Waals surface area contributed by atoms with Crippen LogP contribution in [0.5, 0.6) is 0 Å². The maximum Gasteiger partial charge on any atom is 0.310 e. The Morgan fingerprint density at radius 3 is 3.08 bits per heavy atom. The van der Waals surface area contributed by atoms with Crippen LogP contribution < -0.4 is 0 Å². The molecule has 1 aliphatic heterocycles. The topological polar surface area (TPSA) is 46.5 Å². The number of carbonyl (C=O) groups is 1. The molecule has 2 rings (SSSR count). The van der Waals surface area contributed by atoms with Gasteiger partial charge >= 0.3 is 5.97 Å². The fourth-order valence-corrected chi connectivity index (χ4v) is 2.20. The zero-order valence-corrected chi connectivity index (χ0v) is 7.64. The Balaban J connectivity index is 2.20. The maximum absolute atomic E-state index is 11.4. The highest BCUT2D eigenvalue weighted by molar-refractivity contribution is 5.76. The standard InChI is InChI=1S/C10H14O3/c1-6-2-3-7-8(4-6)10(12)13-9(7)5-11/h2-3,6-9,11H,4-5H2,1H3. The molecule has 0 radical (unpaired) electrons. The van der Waals surface area contributed by atoms with Gasteiger partial charge in [0.05, 0.1) is 12.5 Å². The molecule has 2 aliphatic rings. The van der Waals surface area contributed by atoms with Crippen LogP contribution in [0.25, 0.3) is 0 Å². The minimum absolute atomic E-state index is 0.0165. The fourth-order valence-electron chi connectivity index (χ4n) is 2.20. The number of fused-ring (bicyclic) bond motifs is 1. The molecule has 1 saturated heterocycles. The number of cyclic esters (lactones) is 1. The van der Waals surface area contributed by atoms with Gasteiger partial charge in [-0.2, -0.15) is 0 Å². The Kier molecular flexibility index (Phi) is 2.12. The first-order chi connectivity index (χ1) is 6.22. The van der Waals surface area contributed by atoms with Crippen molar-refractivity contribution in [3.05, 3.63) is 12.2 Å². The lowest BCUT2D eigenvalue weighted by atomic mass is 9.79. The number of ether oxygens (including phenoxy) is 1. The number of aliphatic hydroxyl groups is 1. The van der Waals surface area contributed by atoms with E-state index in [9.17, 15) is 4.79 Å². The zero-order chi connectivity index (χ0) is 9.42. The van der Waals surface area contributed by atoms with E-state index in [1.54, 1.807) is 0 Å². The third-order valence-electron chi connectivity index (χ3n) is 2.93. The van der Waals surface area contributed by atoms with Crippen molar-refractivity contribution in [2.45, 2.75) is 19.4 Å². The van der Waals surface area contributed by atoms with Gasteiger partial charge in [-0.15, -0.1) is 0 Å². The molecule has 4 unspecified atom stereocenters. The van der Waals surface area contributed by atoms with Gasteiger partial charge in [0.2, 0.25) is 0 Å². The van der Waals surface area contributed by atoms with Crippen molar-refractivity contribution in [3.8, 4) is 0 Å². The van der Waals surface area contributed by atoms with Crippen LogP contribution in [0.4, 0.5) is 0 Å². The first kappa shape index (κ1) is 8.75. The van der Waals surface area contributed by atoms with E-state index in [0.29, 0.717) is 5.92 Å². The predicted molar refractivity (Wildman–Crippen MR) is 46.9 cm³/mol. The van der Waals surface area contributed by atoms with Crippen molar-refractivity contribution in [2.24, 2.45) is 17.8 Å². The molecule has 4 atom stereocenters. The minimum Gasteiger partial charge on any atom is -0.459 e. The Morgan fingerprint density at radius 1 is 1.62 bits per heavy atom. The summed E-state index contributed by atoms with van der Waals surface area (Å²) in [5, 5.41) is 8.98. The second-order valence-corrected chi connectivity index (χ2v) is 3.94. The molecule has 0 aromatic heterocycles. The normalized spacial score (nSPS) is 43.1. The van der Waals surface area contributed by atoms with E-state index < -0.39 is 0 Å². The highest BCUT2D eigenvalue weighted by Crippen LogP contribution is 2.37. The van der Waals surface area contributed by atoms with Crippen LogP contribution in [0.2, 0.25) is 0 Å². The lowest BCUT2D eigenvalue weighted by molar-refractivity contribution is -0.145. The van der Waals surface area contributed by atoms with Crippen LogP contribution in [0.1, 0.15) is 13.3 Å². The van der Waals surface area contributed by atoms with Crippen LogP contribution in [-0.2, 0) is 9.53 Å². The molecular weight excluding hydrogens is 168 g/mol. The summed E-state index contributed by atoms with van der Waals surface area (Å²) in [6.07, 6.45) is 4.67. The molecule has 0 saturated carbocycles. The molecule has 1 fully saturated rings. The van der Waals surface area contributed by atoms with Crippen molar-refractivity contribution in [1.29, 1.82) is 0 Å². The van der Waals surface area contributed by atoms with Gasteiger partial charge in [-0.3, -0.25) is 4.79 Å². The smallest absolute Gasteiger partial charge is 0.310 e. The first-order valence-electron chi connectivity index (χ1n) is 4.72. The van der Waals surface area contributed by atoms with Crippen LogP contribution in [0.15, 0.2) is 12.2 Å². The highest BCUT2D eigenvalue weighted by atomic mass is 16.6. The van der Waals surface area contributed by atoms with Crippen LogP contribution in [0.3, 0.4) is 0 Å². The Hall–Kier alpha value is -0.830. The number of hydrogen-bond donors (Lipinski definition) is 1. The fraction of sp³-hybridized carbons (Fsp3) is 0.700. The second-order valence-electron chi connectivity index (χ2n) is 3.94. The molecule has 3 nitrogen and oxygen atoms in total. The van der Waals surface area contributed by atoms with Gasteiger partial charge < -0.3 is 9.84 Å². The molecule has 0 amide bonds. The van der Waals surface area contributed by atoms with Crippen molar-refractivity contribution in [2.75, 3.05) is 6.61 Å². The number of allylic oxidation sites excluding steroid dienone is 1. The molecule has 0 aromatic carbocycles. The molecule has 1 N–H and O–H groups in total. The van der Waals surface area contributed by atoms with Gasteiger partial charge in [-0.25, -0.2) is 0 Å². The zero-order valence-electron chi connectivity index (χ0n) is 7.64. The van der Waals surface area contributed by atoms with Gasteiger partial charge in [0.25, 0.3) is 0 Å². The van der Waals surface area contributed by atoms with E-state index in [1.165, 1.54) is 0 Å². The van der Waals surface area contributed by atoms with Gasteiger partial charge in [0.1, 0.15) is 6.10 Å². The number of aliphatic hydroxyl groups excluding tert-OH is 1. The summed E-state index contributed by atoms with van der Waals surface area (Å²) in [7, 11) is 0. The average Bonchev–Trinajstić information content (AvgIpc) is 2.43. The molecule has 0 aromatic rings. The molecular formula is C10H14O3. The van der Waals surface area contributed by atoms with Gasteiger partial charge in [0.15, 0.2) is 0 Å². The third kappa shape index (κ3) is 1.37. The van der Waals surface area contributed by atoms with E-state index in [4.69, 9.17) is 9.84 Å². The predicted octanol–water partition coefficient (Wildman–Crippen LogP) is 0.733. The van der Waals surface area contributed by atoms with Crippen LogP contribution in [-0.4, -0.2) is 23.8 Å². The molecule has 1 aliphatic carbocycles. The number of esters is 1. The first-order valence-corrected chi connectivity index (χ1v) is 4.72. The third-order valence-corrected chi connectivity index (χ3v) is 2.93. The minimum atomic E-state index is -0.304. The van der Waals surface area contributed by atoms with Gasteiger partial charge in [-0.1, -0.05) is 19.1 Å². The molecule has 72 valence electrons. The lowest BCUT2D eigenvalue weighted by Gasteiger charge is -2.22. The summed E-state index contributed by atoms with van der Waals surface area (Å²) >= 11 is 0. The van der Waals surface area contributed by atoms with E-state index in [2.05, 4.69) is 13.0 Å². The van der Waals surface area contributed by atoms with E-state index in [-0.39, 0.29) is 30.5 Å². The largest absolute Gasteiger partial charge is 0.459 e. The van der Waals surface area contributed by atoms with E-state index >= 15 is 0 Å². The monoisotopic (exact) mass is 182 g/mol. The van der Waals surface area contributed by atoms with Crippen LogP contribution >= 0.6 is 0 Å². The van der Waals surface area contributed by atoms with Crippen molar-refractivity contribution >= 4 is 5.97 Å². The van der Waals surface area contributed by atoms with Gasteiger partial charge in [0, 0.05) is 5.92 Å². The number of hydrogen-bond acceptors (Lipinski definition) is 3. The molecule has 13 heavy (non-hydrogen) atoms. The molecule has 3 heteroatoms. The molecule has 0 spiro atoms. The van der Waals surface area contributed by atoms with E-state index in [1.807, 2.05) is 6.08 Å². The molecule has 0 bridgehead atoms. The van der Waals surface area contributed by atoms with Crippen molar-refractivity contribution in [1.82, 2.24) is 0 Å². The second kappa shape index (κ2) is 3.14. The summed E-state index contributed by atoms with van der Waals surface area (Å²) in [6.45, 7) is 2.03. The van der Waals surface area contributed by atoms with Crippen LogP contribution in [0, 0.1) is 17.8 Å². The SMILES string of the molecule is CC1C=CC2C(CO)OC(=O)C2C1. The summed E-state index contributed by atoms with van der Waals surface area (Å²) in [5.41, 5.74) is 0. The quantitative estimate of drug-likeness (QED) is 0.480. The molecule has 1 heterocycles.